The van der Waals surface area contributed by atoms with Gasteiger partial charge in [-0.25, -0.2) is 19.6 Å². The number of imide groups is 4. The fourth-order valence-electron chi connectivity index (χ4n) is 23.4. The smallest absolute Gasteiger partial charge is 0.399 e. The van der Waals surface area contributed by atoms with Crippen LogP contribution in [0.4, 0.5) is 22.7 Å². The molecule has 0 N–H and O–H groups in total. The average Bonchev–Trinajstić information content (AvgIpc) is 0.995. The highest BCUT2D eigenvalue weighted by Crippen LogP contribution is 2.59. The zero-order chi connectivity index (χ0) is 102. The summed E-state index contributed by atoms with van der Waals surface area (Å²) in [7, 11) is -0.731. The van der Waals surface area contributed by atoms with Gasteiger partial charge in [-0.2, -0.15) is 0 Å². The molecule has 0 bridgehead atoms. The highest BCUT2D eigenvalue weighted by atomic mass is 79.9. The second-order valence-electron chi connectivity index (χ2n) is 43.0. The van der Waals surface area contributed by atoms with Gasteiger partial charge in [0.05, 0.1) is 78.5 Å². The SMILES string of the molecule is CCCCCCCCC1(CCCCCCCC)c2cc(B3OC(C)(C)C(C)(C)O3)ccc2-c2ccc(B3OC(C)(C)C(C)(C)O3)cc21.CCCCCCCCC1(CCCCCCCC)c2cc(C)ccc2-c2ccc(-c3cc4c5c(c(C)cc6c5c3C(=O)N(c3ccccc3)C6=O)C(=O)N(c3ccccc3)C4=O)cc21.O=C1c2cc(Br)c3c4c(cc(Br)c(c24)C(=O)N1c1ccccc1)C(=O)N(c1ccccc1)C3=O. The van der Waals surface area contributed by atoms with Gasteiger partial charge in [0.2, 0.25) is 0 Å². The normalized spacial score (nSPS) is 16.9. The second kappa shape index (κ2) is 42.2. The molecule has 0 aromatic heterocycles. The van der Waals surface area contributed by atoms with Crippen molar-refractivity contribution < 1.29 is 57.0 Å². The third-order valence-electron chi connectivity index (χ3n) is 32.5. The van der Waals surface area contributed by atoms with Crippen LogP contribution in [0.1, 0.15) is 379 Å². The Morgan fingerprint density at radius 2 is 0.528 bits per heavy atom. The molecular weight excluding hydrogens is 1920 g/mol. The molecule has 2 aliphatic carbocycles. The summed E-state index contributed by atoms with van der Waals surface area (Å²) in [5.74, 6) is -3.98. The Hall–Kier alpha value is -11.4. The van der Waals surface area contributed by atoms with Gasteiger partial charge in [0.15, 0.2) is 0 Å². The average molecular weight is 2050 g/mol. The van der Waals surface area contributed by atoms with Gasteiger partial charge in [-0.15, -0.1) is 0 Å². The molecule has 0 spiro atoms. The minimum atomic E-state index is -0.527. The standard InChI is InChI=1S/C57H58N2O4.C41H64B2O4.C26H12Br2N2O4/c1-5-7-9-11-13-21-31-57(32-22-14-12-10-8-6-2)47-33-37(3)27-29-42(47)43-30-28-39(35-48(43)57)44-36-46-50-49(55(62)58(54(46)61)40-23-17-15-18-24-40)38(4)34-45-51(50)52(44)56(63)59(53(45)60)41-25-19-16-20-26-41;1-11-13-15-17-19-21-27-41(28-22-20-18-16-14-12-2)35-29-31(42-44-37(3,4)38(5,6)45-42)23-25-33(35)34-26-24-32(30-36(34)41)43-46-39(7,8)40(9,10)47-43;27-17-12-16-20-19-15(23(31)29(25(33)21(17)19)13-7-3-1-4-8-13)11-18(28)22(20)26(34)30(24(16)32)14-9-5-2-6-10-14/h15-20,23-30,33-36H,5-14,21-22,31-32H2,1-4H3;23-26,29-30H,11-22,27-28H2,1-10H3;1-12H. The minimum absolute atomic E-state index is 0.0561. The molecule has 12 aromatic rings. The molecule has 8 amide bonds. The van der Waals surface area contributed by atoms with Crippen LogP contribution in [0.3, 0.4) is 0 Å². The maximum Gasteiger partial charge on any atom is 0.494 e. The first kappa shape index (κ1) is 103. The van der Waals surface area contributed by atoms with Crippen LogP contribution in [0, 0.1) is 13.8 Å². The van der Waals surface area contributed by atoms with Crippen molar-refractivity contribution in [2.45, 2.75) is 310 Å². The number of aryl methyl sites for hydroxylation is 2. The Labute approximate surface area is 867 Å². The Kier molecular flexibility index (Phi) is 30.1. The van der Waals surface area contributed by atoms with Crippen LogP contribution in [0.5, 0.6) is 0 Å². The first-order valence-electron chi connectivity index (χ1n) is 52.9. The lowest BCUT2D eigenvalue weighted by atomic mass is 9.67. The molecule has 0 saturated carbocycles. The molecule has 0 unspecified atom stereocenters. The van der Waals surface area contributed by atoms with Crippen LogP contribution in [-0.4, -0.2) is 83.9 Å². The van der Waals surface area contributed by atoms with Gasteiger partial charge in [0.1, 0.15) is 0 Å². The van der Waals surface area contributed by atoms with E-state index >= 15 is 4.79 Å². The molecule has 8 aliphatic rings. The third kappa shape index (κ3) is 18.7. The van der Waals surface area contributed by atoms with E-state index in [4.69, 9.17) is 18.6 Å². The van der Waals surface area contributed by atoms with Crippen molar-refractivity contribution in [2.75, 3.05) is 19.6 Å². The van der Waals surface area contributed by atoms with Crippen molar-refractivity contribution in [1.82, 2.24) is 0 Å². The number of anilines is 4. The number of hydrogen-bond acceptors (Lipinski definition) is 12. The number of benzene rings is 12. The summed E-state index contributed by atoms with van der Waals surface area (Å²) in [6, 6.07) is 69.7. The Bertz CT molecular complexity index is 6750. The van der Waals surface area contributed by atoms with Crippen LogP contribution in [0.25, 0.3) is 54.9 Å². The Balaban J connectivity index is 0.000000149. The number of carbonyl (C=O) groups is 8. The predicted octanol–water partition coefficient (Wildman–Crippen LogP) is 30.5. The van der Waals surface area contributed by atoms with Crippen LogP contribution in [0.2, 0.25) is 0 Å². The Morgan fingerprint density at radius 3 is 0.875 bits per heavy atom. The molecule has 20 heteroatoms. The summed E-state index contributed by atoms with van der Waals surface area (Å²) in [5.41, 5.74) is 18.7. The highest BCUT2D eigenvalue weighted by Gasteiger charge is 2.56. The van der Waals surface area contributed by atoms with Crippen LogP contribution in [-0.2, 0) is 29.4 Å². The summed E-state index contributed by atoms with van der Waals surface area (Å²) < 4.78 is 27.1. The lowest BCUT2D eigenvalue weighted by molar-refractivity contribution is 0.00578. The van der Waals surface area contributed by atoms with E-state index in [1.807, 2.05) is 49.4 Å². The molecule has 20 rings (SSSR count). The summed E-state index contributed by atoms with van der Waals surface area (Å²) in [6.45, 7) is 30.3. The second-order valence-corrected chi connectivity index (χ2v) is 44.7. The topological polar surface area (TPSA) is 186 Å². The van der Waals surface area contributed by atoms with E-state index in [-0.39, 0.29) is 69.7 Å². The van der Waals surface area contributed by atoms with Crippen LogP contribution in [0.15, 0.2) is 227 Å². The van der Waals surface area contributed by atoms with E-state index in [0.29, 0.717) is 86.6 Å². The molecule has 2 fully saturated rings. The lowest BCUT2D eigenvalue weighted by Gasteiger charge is -2.35. The quantitative estimate of drug-likeness (QED) is 0.0208. The fraction of sp³-hybridized carbons (Fsp3) is 0.387. The van der Waals surface area contributed by atoms with Crippen molar-refractivity contribution in [3.8, 4) is 33.4 Å². The van der Waals surface area contributed by atoms with Crippen molar-refractivity contribution in [3.63, 3.8) is 0 Å². The van der Waals surface area contributed by atoms with Crippen molar-refractivity contribution in [3.05, 3.63) is 305 Å². The monoisotopic (exact) mass is 2050 g/mol. The number of nitrogens with zero attached hydrogens (tertiary/aromatic N) is 4. The molecule has 144 heavy (non-hydrogen) atoms. The molecule has 2 saturated heterocycles. The lowest BCUT2D eigenvalue weighted by Crippen LogP contribution is -2.44. The van der Waals surface area contributed by atoms with Crippen molar-refractivity contribution in [2.24, 2.45) is 0 Å². The van der Waals surface area contributed by atoms with Crippen LogP contribution >= 0.6 is 31.9 Å². The van der Waals surface area contributed by atoms with E-state index in [2.05, 4.69) is 195 Å². The molecule has 0 atom stereocenters. The van der Waals surface area contributed by atoms with Gasteiger partial charge in [0.25, 0.3) is 47.3 Å². The number of amides is 8. The van der Waals surface area contributed by atoms with E-state index in [9.17, 15) is 33.6 Å². The van der Waals surface area contributed by atoms with Gasteiger partial charge in [0, 0.05) is 52.4 Å². The zero-order valence-corrected chi connectivity index (χ0v) is 89.4. The number of rotatable bonds is 35. The molecule has 742 valence electrons. The van der Waals surface area contributed by atoms with Gasteiger partial charge in [-0.1, -0.05) is 327 Å². The molecule has 16 nitrogen and oxygen atoms in total. The fourth-order valence-corrected chi connectivity index (χ4v) is 24.6. The number of para-hydroxylation sites is 4. The van der Waals surface area contributed by atoms with Gasteiger partial charge >= 0.3 is 14.2 Å². The highest BCUT2D eigenvalue weighted by molar-refractivity contribution is 9.11. The van der Waals surface area contributed by atoms with E-state index in [0.717, 1.165) is 64.8 Å². The number of fused-ring (bicyclic) bond motifs is 6. The minimum Gasteiger partial charge on any atom is -0.399 e. The first-order valence-corrected chi connectivity index (χ1v) is 54.5. The van der Waals surface area contributed by atoms with Crippen molar-refractivity contribution in [1.29, 1.82) is 0 Å². The molecule has 0 radical (unpaired) electrons. The van der Waals surface area contributed by atoms with Crippen LogP contribution < -0.4 is 30.5 Å². The van der Waals surface area contributed by atoms with E-state index in [1.165, 1.54) is 201 Å². The predicted molar refractivity (Wildman–Crippen MR) is 591 cm³/mol. The Morgan fingerprint density at radius 1 is 0.257 bits per heavy atom. The van der Waals surface area contributed by atoms with Crippen molar-refractivity contribution >= 4 is 149 Å². The molecule has 6 aliphatic heterocycles. The van der Waals surface area contributed by atoms with E-state index in [1.54, 1.807) is 103 Å². The summed E-state index contributed by atoms with van der Waals surface area (Å²) in [5, 5.41) is 1.37. The van der Waals surface area contributed by atoms with Gasteiger partial charge in [-0.05, 0) is 278 Å². The third-order valence-corrected chi connectivity index (χ3v) is 33.7. The number of unbranched alkanes of at least 4 members (excludes halogenated alkanes) is 20. The summed E-state index contributed by atoms with van der Waals surface area (Å²) in [4.78, 5) is 118. The van der Waals surface area contributed by atoms with Gasteiger partial charge in [-0.3, -0.25) is 38.4 Å². The van der Waals surface area contributed by atoms with E-state index < -0.39 is 47.3 Å². The summed E-state index contributed by atoms with van der Waals surface area (Å²) >= 11 is 6.92. The maximum atomic E-state index is 15.3. The molecule has 6 heterocycles. The zero-order valence-electron chi connectivity index (χ0n) is 86.2. The molecular formula is C124H134B2Br2N4O12. The number of carbonyl (C=O) groups excluding carboxylic acids is 8. The first-order chi connectivity index (χ1) is 69.3. The number of halogens is 2. The molecule has 12 aromatic carbocycles. The number of hydrogen-bond donors (Lipinski definition) is 0. The largest absolute Gasteiger partial charge is 0.494 e. The maximum absolute atomic E-state index is 15.3. The summed E-state index contributed by atoms with van der Waals surface area (Å²) in [6.07, 6.45) is 34.6. The van der Waals surface area contributed by atoms with Gasteiger partial charge < -0.3 is 18.6 Å².